The summed E-state index contributed by atoms with van der Waals surface area (Å²) in [5.41, 5.74) is 0. The van der Waals surface area contributed by atoms with Gasteiger partial charge in [0.15, 0.2) is 0 Å². The molecule has 0 saturated carbocycles. The van der Waals surface area contributed by atoms with Gasteiger partial charge in [0.1, 0.15) is 0 Å². The molecule has 1 aliphatic heterocycles. The molecule has 1 atom stereocenters. The van der Waals surface area contributed by atoms with Gasteiger partial charge in [-0.05, 0) is 5.41 Å². The second kappa shape index (κ2) is 1.78. The first kappa shape index (κ1) is 6.17. The van der Waals surface area contributed by atoms with Crippen molar-refractivity contribution >= 4 is 35.4 Å². The summed E-state index contributed by atoms with van der Waals surface area (Å²) in [6.45, 7) is 0. The molecular weight excluding hydrogens is 136 g/mol. The Kier molecular flexibility index (Phi) is 1.37. The molecule has 0 aliphatic carbocycles. The van der Waals surface area contributed by atoms with Crippen molar-refractivity contribution in [2.45, 2.75) is 0 Å². The van der Waals surface area contributed by atoms with Crippen LogP contribution in [-0.4, -0.2) is 23.4 Å². The predicted octanol–water partition coefficient (Wildman–Crippen LogP) is 1.80. The van der Waals surface area contributed by atoms with Gasteiger partial charge in [0.25, 0.3) is 0 Å². The lowest BCUT2D eigenvalue weighted by Gasteiger charge is -2.03. The third-order valence-corrected chi connectivity index (χ3v) is 6.85. The maximum atomic E-state index is 3.99. The molecule has 0 aromatic rings. The first-order valence-electron chi connectivity index (χ1n) is 2.30. The fourth-order valence-corrected chi connectivity index (χ4v) is 3.60. The van der Waals surface area contributed by atoms with Gasteiger partial charge in [0.05, 0.1) is 0 Å². The van der Waals surface area contributed by atoms with Crippen LogP contribution in [0.1, 0.15) is 0 Å². The van der Waals surface area contributed by atoms with Crippen molar-refractivity contribution in [3.63, 3.8) is 0 Å². The topological polar surface area (TPSA) is 0 Å². The van der Waals surface area contributed by atoms with Crippen LogP contribution in [0.15, 0.2) is 11.5 Å². The smallest absolute Gasteiger partial charge is 0.0155 e. The lowest BCUT2D eigenvalue weighted by Crippen LogP contribution is -1.62. The minimum absolute atomic E-state index is 0.217. The molecule has 0 fully saturated rings. The Labute approximate surface area is 53.0 Å². The Bertz CT molecular complexity index is 229. The monoisotopic (exact) mass is 146 g/mol. The van der Waals surface area contributed by atoms with Crippen molar-refractivity contribution < 1.29 is 0 Å². The molecule has 46 valence electrons. The summed E-state index contributed by atoms with van der Waals surface area (Å²) in [6.07, 6.45) is 2.14. The van der Waals surface area contributed by atoms with Crippen LogP contribution in [-0.2, 0) is 0 Å². The molecule has 0 saturated heterocycles. The zero-order chi connectivity index (χ0) is 6.20. The minimum Gasteiger partial charge on any atom is -0.151 e. The highest BCUT2D eigenvalue weighted by molar-refractivity contribution is 8.96. The molecule has 0 bridgehead atoms. The van der Waals surface area contributed by atoms with Gasteiger partial charge in [-0.15, -0.1) is 9.52 Å². The summed E-state index contributed by atoms with van der Waals surface area (Å²) in [7, 11) is -0.672. The number of hydrogen-bond donors (Lipinski definition) is 0. The molecule has 8 heavy (non-hydrogen) atoms. The van der Waals surface area contributed by atoms with Gasteiger partial charge >= 0.3 is 0 Å². The van der Waals surface area contributed by atoms with Gasteiger partial charge in [0.2, 0.25) is 0 Å². The van der Waals surface area contributed by atoms with Crippen LogP contribution in [0.2, 0.25) is 0 Å². The first-order chi connectivity index (χ1) is 3.63. The Morgan fingerprint density at radius 3 is 2.25 bits per heavy atom. The molecule has 0 aromatic heterocycles. The van der Waals surface area contributed by atoms with Crippen LogP contribution in [0.5, 0.6) is 0 Å². The lowest BCUT2D eigenvalue weighted by molar-refractivity contribution is 1.84. The van der Waals surface area contributed by atoms with E-state index in [0.29, 0.717) is 0 Å². The van der Waals surface area contributed by atoms with E-state index in [4.69, 9.17) is 0 Å². The van der Waals surface area contributed by atoms with E-state index in [0.717, 1.165) is 5.75 Å². The van der Waals surface area contributed by atoms with Crippen molar-refractivity contribution in [3.05, 3.63) is 11.5 Å². The average Bonchev–Trinajstić information content (AvgIpc) is 1.86. The fraction of sp³-hybridized carbons (Fsp3) is 0.167. The van der Waals surface area contributed by atoms with E-state index < -0.39 is 8.24 Å². The first-order valence-corrected chi connectivity index (χ1v) is 6.41. The van der Waals surface area contributed by atoms with E-state index in [-0.39, 0.29) is 9.52 Å². The van der Waals surface area contributed by atoms with Gasteiger partial charge in [-0.1, -0.05) is 23.7 Å². The number of hydrogen-bond acceptors (Lipinski definition) is 0. The van der Waals surface area contributed by atoms with Gasteiger partial charge in [-0.25, -0.2) is 0 Å². The molecule has 1 unspecified atom stereocenters. The van der Waals surface area contributed by atoms with E-state index in [9.17, 15) is 0 Å². The van der Waals surface area contributed by atoms with Crippen LogP contribution in [0.25, 0.3) is 0 Å². The average molecular weight is 146 g/mol. The summed E-state index contributed by atoms with van der Waals surface area (Å²) in [5, 5.41) is 2.13. The molecule has 0 aromatic carbocycles. The molecule has 0 nitrogen and oxygen atoms in total. The van der Waals surface area contributed by atoms with Crippen LogP contribution in [0.4, 0.5) is 0 Å². The standard InChI is InChI=1S/C6H10S2/c1-7-5-4-6-8(7,2)3/h4,6H,1-3,5H2. The molecular formula is C6H10S2. The highest BCUT2D eigenvalue weighted by atomic mass is 33.2. The predicted molar refractivity (Wildman–Crippen MR) is 50.6 cm³/mol. The molecule has 0 spiro atoms. The van der Waals surface area contributed by atoms with Crippen LogP contribution in [0.3, 0.4) is 0 Å². The van der Waals surface area contributed by atoms with Gasteiger partial charge in [-0.3, -0.25) is 0 Å². The molecule has 2 heteroatoms. The van der Waals surface area contributed by atoms with Crippen molar-refractivity contribution in [2.24, 2.45) is 0 Å². The summed E-state index contributed by atoms with van der Waals surface area (Å²) in [6, 6.07) is 0. The molecule has 1 rings (SSSR count). The molecule has 0 N–H and O–H groups in total. The molecule has 1 heterocycles. The normalized spacial score (nSPS) is 33.2. The van der Waals surface area contributed by atoms with E-state index in [1.165, 1.54) is 0 Å². The van der Waals surface area contributed by atoms with Crippen LogP contribution >= 0.6 is 17.8 Å². The van der Waals surface area contributed by atoms with Crippen molar-refractivity contribution in [2.75, 3.05) is 5.75 Å². The highest BCUT2D eigenvalue weighted by Gasteiger charge is 2.00. The van der Waals surface area contributed by atoms with E-state index >= 15 is 0 Å². The third kappa shape index (κ3) is 0.906. The number of rotatable bonds is 0. The Balaban J connectivity index is 3.19. The summed E-state index contributed by atoms with van der Waals surface area (Å²) < 4.78 is 0. The van der Waals surface area contributed by atoms with Gasteiger partial charge in [-0.2, -0.15) is 8.24 Å². The zero-order valence-electron chi connectivity index (χ0n) is 4.80. The maximum absolute atomic E-state index is 3.99. The van der Waals surface area contributed by atoms with Crippen LogP contribution < -0.4 is 0 Å². The maximum Gasteiger partial charge on any atom is 0.0155 e. The third-order valence-electron chi connectivity index (χ3n) is 1.10. The summed E-state index contributed by atoms with van der Waals surface area (Å²) >= 11 is 0. The van der Waals surface area contributed by atoms with E-state index in [1.807, 2.05) is 0 Å². The van der Waals surface area contributed by atoms with E-state index in [2.05, 4.69) is 29.1 Å². The van der Waals surface area contributed by atoms with Crippen LogP contribution in [0, 0.1) is 0 Å². The second-order valence-electron chi connectivity index (χ2n) is 1.85. The minimum atomic E-state index is -0.889. The van der Waals surface area contributed by atoms with Crippen molar-refractivity contribution in [3.8, 4) is 0 Å². The largest absolute Gasteiger partial charge is 0.151 e. The zero-order valence-corrected chi connectivity index (χ0v) is 6.43. The van der Waals surface area contributed by atoms with Gasteiger partial charge < -0.3 is 0 Å². The lowest BCUT2D eigenvalue weighted by atomic mass is 10.8. The highest BCUT2D eigenvalue weighted by Crippen LogP contribution is 2.47. The quantitative estimate of drug-likeness (QED) is 0.361. The Morgan fingerprint density at radius 1 is 1.50 bits per heavy atom. The summed E-state index contributed by atoms with van der Waals surface area (Å²) in [4.78, 5) is 0. The molecule has 0 radical (unpaired) electrons. The Morgan fingerprint density at radius 2 is 2.12 bits per heavy atom. The fourth-order valence-electron chi connectivity index (χ4n) is 0.536. The molecule has 0 amide bonds. The Hall–Kier alpha value is 0.0500. The van der Waals surface area contributed by atoms with Gasteiger partial charge in [0, 0.05) is 5.75 Å². The van der Waals surface area contributed by atoms with E-state index in [1.54, 1.807) is 0 Å². The van der Waals surface area contributed by atoms with Crippen molar-refractivity contribution in [1.82, 2.24) is 0 Å². The summed E-state index contributed by atoms with van der Waals surface area (Å²) in [5.74, 6) is 13.0. The second-order valence-corrected chi connectivity index (χ2v) is 8.48. The SMILES string of the molecule is C=S1CC=CS1(=C)=C. The molecule has 1 aliphatic rings. The van der Waals surface area contributed by atoms with Crippen molar-refractivity contribution in [1.29, 1.82) is 0 Å².